The van der Waals surface area contributed by atoms with E-state index in [1.807, 2.05) is 0 Å². The minimum absolute atomic E-state index is 0.402. The largest absolute Gasteiger partial charge is 0.466 e. The molecule has 1 atom stereocenters. The van der Waals surface area contributed by atoms with E-state index in [4.69, 9.17) is 0 Å². The maximum Gasteiger partial charge on any atom is 0.330 e. The first-order valence-corrected chi connectivity index (χ1v) is 6.33. The average Bonchev–Trinajstić information content (AvgIpc) is 2.47. The van der Waals surface area contributed by atoms with Crippen LogP contribution in [0.1, 0.15) is 18.5 Å². The van der Waals surface area contributed by atoms with Crippen LogP contribution < -0.4 is 10.6 Å². The summed E-state index contributed by atoms with van der Waals surface area (Å²) >= 11 is 0. The van der Waals surface area contributed by atoms with Gasteiger partial charge in [-0.1, -0.05) is 0 Å². The number of piperidine rings is 1. The molecule has 0 saturated carbocycles. The van der Waals surface area contributed by atoms with Gasteiger partial charge in [0.1, 0.15) is 5.82 Å². The summed E-state index contributed by atoms with van der Waals surface area (Å²) in [6.45, 7) is 2.03. The van der Waals surface area contributed by atoms with Crippen LogP contribution in [-0.4, -0.2) is 42.2 Å². The third-order valence-electron chi connectivity index (χ3n) is 2.91. The van der Waals surface area contributed by atoms with Crippen LogP contribution in [0.15, 0.2) is 18.5 Å². The molecule has 0 unspecified atom stereocenters. The molecule has 19 heavy (non-hydrogen) atoms. The highest BCUT2D eigenvalue weighted by atomic mass is 16.5. The molecule has 6 heteroatoms. The molecule has 0 radical (unpaired) electrons. The topological polar surface area (TPSA) is 76.1 Å². The highest BCUT2D eigenvalue weighted by molar-refractivity contribution is 5.86. The Morgan fingerprint density at radius 1 is 1.53 bits per heavy atom. The number of anilines is 1. The predicted molar refractivity (Wildman–Crippen MR) is 72.6 cm³/mol. The van der Waals surface area contributed by atoms with Crippen molar-refractivity contribution in [1.82, 2.24) is 15.3 Å². The maximum atomic E-state index is 10.9. The Morgan fingerprint density at radius 3 is 3.05 bits per heavy atom. The molecule has 2 rings (SSSR count). The average molecular weight is 262 g/mol. The number of methoxy groups -OCH3 is 1. The fourth-order valence-electron chi connectivity index (χ4n) is 1.90. The summed E-state index contributed by atoms with van der Waals surface area (Å²) in [6, 6.07) is 0.402. The summed E-state index contributed by atoms with van der Waals surface area (Å²) in [6.07, 6.45) is 8.50. The molecule has 6 nitrogen and oxygen atoms in total. The van der Waals surface area contributed by atoms with E-state index in [0.29, 0.717) is 11.7 Å². The van der Waals surface area contributed by atoms with Gasteiger partial charge in [-0.2, -0.15) is 0 Å². The third kappa shape index (κ3) is 4.33. The lowest BCUT2D eigenvalue weighted by Gasteiger charge is -2.24. The van der Waals surface area contributed by atoms with Crippen molar-refractivity contribution >= 4 is 17.9 Å². The number of nitrogens with zero attached hydrogens (tertiary/aromatic N) is 2. The smallest absolute Gasteiger partial charge is 0.330 e. The van der Waals surface area contributed by atoms with Crippen molar-refractivity contribution < 1.29 is 9.53 Å². The SMILES string of the molecule is COC(=O)/C=C/c1cnc(N[C@@H]2CCCNC2)cn1. The number of aromatic nitrogens is 2. The lowest BCUT2D eigenvalue weighted by molar-refractivity contribution is -0.134. The molecule has 0 bridgehead atoms. The molecule has 1 saturated heterocycles. The van der Waals surface area contributed by atoms with Crippen molar-refractivity contribution in [1.29, 1.82) is 0 Å². The zero-order chi connectivity index (χ0) is 13.5. The van der Waals surface area contributed by atoms with Gasteiger partial charge in [-0.15, -0.1) is 0 Å². The van der Waals surface area contributed by atoms with Crippen molar-refractivity contribution in [2.24, 2.45) is 0 Å². The third-order valence-corrected chi connectivity index (χ3v) is 2.91. The fourth-order valence-corrected chi connectivity index (χ4v) is 1.90. The minimum Gasteiger partial charge on any atom is -0.466 e. The molecular weight excluding hydrogens is 244 g/mol. The van der Waals surface area contributed by atoms with E-state index < -0.39 is 5.97 Å². The molecule has 0 spiro atoms. The summed E-state index contributed by atoms with van der Waals surface area (Å²) in [5.41, 5.74) is 0.623. The monoisotopic (exact) mass is 262 g/mol. The summed E-state index contributed by atoms with van der Waals surface area (Å²) in [5, 5.41) is 6.66. The first kappa shape index (κ1) is 13.5. The predicted octanol–water partition coefficient (Wildman–Crippen LogP) is 0.827. The second kappa shape index (κ2) is 6.84. The van der Waals surface area contributed by atoms with Gasteiger partial charge in [0.25, 0.3) is 0 Å². The molecule has 2 heterocycles. The zero-order valence-electron chi connectivity index (χ0n) is 10.9. The van der Waals surface area contributed by atoms with Crippen LogP contribution in [0, 0.1) is 0 Å². The number of nitrogens with one attached hydrogen (secondary N) is 2. The number of hydrogen-bond acceptors (Lipinski definition) is 6. The van der Waals surface area contributed by atoms with Crippen LogP contribution in [0.3, 0.4) is 0 Å². The molecular formula is C13H18N4O2. The Kier molecular flexibility index (Phi) is 4.85. The number of hydrogen-bond donors (Lipinski definition) is 2. The quantitative estimate of drug-likeness (QED) is 0.618. The van der Waals surface area contributed by atoms with E-state index >= 15 is 0 Å². The first-order valence-electron chi connectivity index (χ1n) is 6.33. The molecule has 0 aliphatic carbocycles. The molecule has 1 aromatic rings. The Morgan fingerprint density at radius 2 is 2.42 bits per heavy atom. The first-order chi connectivity index (χ1) is 9.28. The van der Waals surface area contributed by atoms with Gasteiger partial charge < -0.3 is 15.4 Å². The standard InChI is InChI=1S/C13H18N4O2/c1-19-13(18)5-4-10-8-16-12(9-15-10)17-11-3-2-6-14-7-11/h4-5,8-9,11,14H,2-3,6-7H2,1H3,(H,16,17)/b5-4+/t11-/m1/s1. The zero-order valence-corrected chi connectivity index (χ0v) is 10.9. The summed E-state index contributed by atoms with van der Waals surface area (Å²) in [5.74, 6) is 0.348. The molecule has 1 aliphatic heterocycles. The van der Waals surface area contributed by atoms with Crippen molar-refractivity contribution in [2.45, 2.75) is 18.9 Å². The van der Waals surface area contributed by atoms with Crippen molar-refractivity contribution in [3.63, 3.8) is 0 Å². The van der Waals surface area contributed by atoms with Crippen LogP contribution in [0.5, 0.6) is 0 Å². The number of esters is 1. The van der Waals surface area contributed by atoms with Crippen molar-refractivity contribution in [2.75, 3.05) is 25.5 Å². The van der Waals surface area contributed by atoms with E-state index in [9.17, 15) is 4.79 Å². The van der Waals surface area contributed by atoms with Crippen molar-refractivity contribution in [3.8, 4) is 0 Å². The fraction of sp³-hybridized carbons (Fsp3) is 0.462. The molecule has 2 N–H and O–H groups in total. The van der Waals surface area contributed by atoms with E-state index in [2.05, 4.69) is 25.3 Å². The Balaban J connectivity index is 1.90. The second-order valence-corrected chi connectivity index (χ2v) is 4.37. The van der Waals surface area contributed by atoms with Crippen LogP contribution in [0.2, 0.25) is 0 Å². The van der Waals surface area contributed by atoms with Gasteiger partial charge in [0, 0.05) is 18.7 Å². The number of carbonyl (C=O) groups excluding carboxylic acids is 1. The van der Waals surface area contributed by atoms with Crippen LogP contribution in [0.4, 0.5) is 5.82 Å². The Labute approximate surface area is 112 Å². The molecule has 1 fully saturated rings. The highest BCUT2D eigenvalue weighted by Crippen LogP contribution is 2.09. The molecule has 0 amide bonds. The van der Waals surface area contributed by atoms with E-state index in [1.165, 1.54) is 19.6 Å². The van der Waals surface area contributed by atoms with E-state index in [0.717, 1.165) is 25.3 Å². The van der Waals surface area contributed by atoms with E-state index in [1.54, 1.807) is 18.5 Å². The van der Waals surface area contributed by atoms with E-state index in [-0.39, 0.29) is 0 Å². The Hall–Kier alpha value is -1.95. The summed E-state index contributed by atoms with van der Waals surface area (Å²) in [7, 11) is 1.34. The van der Waals surface area contributed by atoms with Gasteiger partial charge in [0.05, 0.1) is 25.2 Å². The molecule has 1 aliphatic rings. The van der Waals surface area contributed by atoms with Crippen LogP contribution >= 0.6 is 0 Å². The van der Waals surface area contributed by atoms with Gasteiger partial charge in [0.2, 0.25) is 0 Å². The number of rotatable bonds is 4. The summed E-state index contributed by atoms with van der Waals surface area (Å²) in [4.78, 5) is 19.4. The second-order valence-electron chi connectivity index (χ2n) is 4.37. The molecule has 1 aromatic heterocycles. The van der Waals surface area contributed by atoms with Crippen LogP contribution in [0.25, 0.3) is 6.08 Å². The minimum atomic E-state index is -0.405. The van der Waals surface area contributed by atoms with Gasteiger partial charge in [0.15, 0.2) is 0 Å². The number of carbonyl (C=O) groups is 1. The maximum absolute atomic E-state index is 10.9. The normalized spacial score (nSPS) is 19.3. The molecule has 0 aromatic carbocycles. The van der Waals surface area contributed by atoms with Gasteiger partial charge in [-0.05, 0) is 25.5 Å². The lowest BCUT2D eigenvalue weighted by atomic mass is 10.1. The van der Waals surface area contributed by atoms with Crippen molar-refractivity contribution in [3.05, 3.63) is 24.2 Å². The van der Waals surface area contributed by atoms with Gasteiger partial charge in [-0.25, -0.2) is 9.78 Å². The Bertz CT molecular complexity index is 438. The molecule has 102 valence electrons. The van der Waals surface area contributed by atoms with Gasteiger partial charge in [-0.3, -0.25) is 4.98 Å². The number of ether oxygens (including phenoxy) is 1. The highest BCUT2D eigenvalue weighted by Gasteiger charge is 2.12. The van der Waals surface area contributed by atoms with Crippen LogP contribution in [-0.2, 0) is 9.53 Å². The lowest BCUT2D eigenvalue weighted by Crippen LogP contribution is -2.38. The van der Waals surface area contributed by atoms with Gasteiger partial charge >= 0.3 is 5.97 Å². The summed E-state index contributed by atoms with van der Waals surface area (Å²) < 4.78 is 4.50.